The first-order chi connectivity index (χ1) is 12.7. The zero-order chi connectivity index (χ0) is 19.8. The van der Waals surface area contributed by atoms with Gasteiger partial charge in [0.15, 0.2) is 5.65 Å². The maximum atomic E-state index is 12.6. The van der Waals surface area contributed by atoms with E-state index in [2.05, 4.69) is 14.7 Å². The summed E-state index contributed by atoms with van der Waals surface area (Å²) in [5, 5.41) is 0.421. The molecule has 0 saturated carbocycles. The van der Waals surface area contributed by atoms with Gasteiger partial charge in [-0.3, -0.25) is 14.3 Å². The number of fused-ring (bicyclic) bond motifs is 1. The fourth-order valence-electron chi connectivity index (χ4n) is 3.26. The first-order valence-electron chi connectivity index (χ1n) is 8.62. The molecule has 0 unspecified atom stereocenters. The number of aromatic nitrogens is 3. The summed E-state index contributed by atoms with van der Waals surface area (Å²) in [5.41, 5.74) is 2.83. The number of halogens is 1. The first kappa shape index (κ1) is 19.4. The third kappa shape index (κ3) is 3.86. The molecule has 0 fully saturated rings. The molecule has 2 N–H and O–H groups in total. The Kier molecular flexibility index (Phi) is 5.30. The molecule has 0 amide bonds. The van der Waals surface area contributed by atoms with Gasteiger partial charge in [-0.25, -0.2) is 18.2 Å². The first-order valence-corrected chi connectivity index (χ1v) is 10.9. The van der Waals surface area contributed by atoms with Crippen LogP contribution >= 0.6 is 11.6 Å². The van der Waals surface area contributed by atoms with E-state index in [9.17, 15) is 13.2 Å². The van der Waals surface area contributed by atoms with Gasteiger partial charge in [-0.15, -0.1) is 0 Å². The molecule has 3 rings (SSSR count). The summed E-state index contributed by atoms with van der Waals surface area (Å²) in [6.07, 6.45) is 4.20. The lowest BCUT2D eigenvalue weighted by molar-refractivity contribution is 0.472. The number of nitrogens with zero attached hydrogens (tertiary/aromatic N) is 2. The Bertz CT molecular complexity index is 1130. The average molecular weight is 409 g/mol. The number of sulfonamides is 1. The second-order valence-electron chi connectivity index (χ2n) is 6.40. The minimum absolute atomic E-state index is 0.0245. The fraction of sp³-hybridized carbons (Fsp3) is 0.333. The van der Waals surface area contributed by atoms with E-state index in [-0.39, 0.29) is 11.7 Å². The molecule has 27 heavy (non-hydrogen) atoms. The predicted octanol–water partition coefficient (Wildman–Crippen LogP) is 3.78. The number of anilines is 1. The van der Waals surface area contributed by atoms with E-state index in [4.69, 9.17) is 11.6 Å². The van der Waals surface area contributed by atoms with Gasteiger partial charge in [-0.2, -0.15) is 0 Å². The molecule has 0 radical (unpaired) electrons. The molecule has 2 heterocycles. The predicted molar refractivity (Wildman–Crippen MR) is 109 cm³/mol. The summed E-state index contributed by atoms with van der Waals surface area (Å²) in [7, 11) is -3.36. The van der Waals surface area contributed by atoms with Crippen molar-refractivity contribution < 1.29 is 8.42 Å². The molecule has 0 aliphatic carbocycles. The number of H-pyrrole nitrogens is 1. The summed E-state index contributed by atoms with van der Waals surface area (Å²) in [5.74, 6) is 0. The van der Waals surface area contributed by atoms with Gasteiger partial charge in [-0.05, 0) is 30.5 Å². The lowest BCUT2D eigenvalue weighted by Crippen LogP contribution is -2.21. The normalized spacial score (nSPS) is 12.0. The second kappa shape index (κ2) is 7.36. The van der Waals surface area contributed by atoms with Crippen LogP contribution in [-0.4, -0.2) is 29.2 Å². The van der Waals surface area contributed by atoms with Crippen LogP contribution in [0, 0.1) is 0 Å². The van der Waals surface area contributed by atoms with Crippen molar-refractivity contribution in [3.8, 4) is 11.1 Å². The third-order valence-electron chi connectivity index (χ3n) is 4.48. The van der Waals surface area contributed by atoms with Crippen molar-refractivity contribution >= 4 is 38.5 Å². The van der Waals surface area contributed by atoms with Crippen LogP contribution in [0.3, 0.4) is 0 Å². The molecule has 3 aromatic rings. The molecule has 0 aliphatic rings. The Morgan fingerprint density at radius 2 is 1.85 bits per heavy atom. The number of hydrogen-bond acceptors (Lipinski definition) is 4. The van der Waals surface area contributed by atoms with Crippen molar-refractivity contribution in [1.82, 2.24) is 14.5 Å². The summed E-state index contributed by atoms with van der Waals surface area (Å²) in [6.45, 7) is 4.06. The Hall–Kier alpha value is -2.32. The van der Waals surface area contributed by atoms with E-state index in [1.54, 1.807) is 28.8 Å². The molecule has 2 aromatic heterocycles. The standard InChI is InChI=1S/C18H21ClN4O3S/c1-4-13(5-2)23-16-15(14(19)10-20-17(16)21-18(23)24)11-6-8-12(9-7-11)22-27(3,25)26/h6-10,13,22H,4-5H2,1-3H3,(H,20,21,24). The second-order valence-corrected chi connectivity index (χ2v) is 8.56. The van der Waals surface area contributed by atoms with Crippen molar-refractivity contribution in [2.45, 2.75) is 32.7 Å². The Balaban J connectivity index is 2.22. The molecule has 0 aliphatic heterocycles. The fourth-order valence-corrected chi connectivity index (χ4v) is 4.07. The van der Waals surface area contributed by atoms with Crippen molar-refractivity contribution in [2.24, 2.45) is 0 Å². The monoisotopic (exact) mass is 408 g/mol. The van der Waals surface area contributed by atoms with E-state index >= 15 is 0 Å². The van der Waals surface area contributed by atoms with Gasteiger partial charge in [0.05, 0.1) is 16.8 Å². The highest BCUT2D eigenvalue weighted by Crippen LogP contribution is 2.35. The quantitative estimate of drug-likeness (QED) is 0.648. The molecule has 0 bridgehead atoms. The molecule has 7 nitrogen and oxygen atoms in total. The number of rotatable bonds is 6. The van der Waals surface area contributed by atoms with Crippen LogP contribution in [0.25, 0.3) is 22.3 Å². The number of hydrogen-bond donors (Lipinski definition) is 2. The summed E-state index contributed by atoms with van der Waals surface area (Å²) in [6, 6.07) is 6.87. The molecule has 0 atom stereocenters. The number of pyridine rings is 1. The van der Waals surface area contributed by atoms with Gasteiger partial charge in [0.25, 0.3) is 0 Å². The Morgan fingerprint density at radius 3 is 2.41 bits per heavy atom. The topological polar surface area (TPSA) is 96.8 Å². The van der Waals surface area contributed by atoms with Gasteiger partial charge < -0.3 is 0 Å². The maximum absolute atomic E-state index is 12.6. The van der Waals surface area contributed by atoms with Crippen LogP contribution in [0.2, 0.25) is 5.02 Å². The van der Waals surface area contributed by atoms with Gasteiger partial charge in [0, 0.05) is 23.5 Å². The van der Waals surface area contributed by atoms with Crippen molar-refractivity contribution in [2.75, 3.05) is 11.0 Å². The Morgan fingerprint density at radius 1 is 1.22 bits per heavy atom. The van der Waals surface area contributed by atoms with Crippen LogP contribution in [0.15, 0.2) is 35.3 Å². The SMILES string of the molecule is CCC(CC)n1c(=O)[nH]c2ncc(Cl)c(-c3ccc(NS(C)(=O)=O)cc3)c21. The lowest BCUT2D eigenvalue weighted by Gasteiger charge is -2.17. The molecule has 1 aromatic carbocycles. The van der Waals surface area contributed by atoms with Crippen LogP contribution in [0.5, 0.6) is 0 Å². The minimum atomic E-state index is -3.36. The molecular formula is C18H21ClN4O3S. The van der Waals surface area contributed by atoms with Gasteiger partial charge >= 0.3 is 5.69 Å². The zero-order valence-corrected chi connectivity index (χ0v) is 16.9. The third-order valence-corrected chi connectivity index (χ3v) is 5.37. The number of benzene rings is 1. The summed E-state index contributed by atoms with van der Waals surface area (Å²) in [4.78, 5) is 19.6. The minimum Gasteiger partial charge on any atom is -0.290 e. The van der Waals surface area contributed by atoms with Crippen LogP contribution in [-0.2, 0) is 10.0 Å². The lowest BCUT2D eigenvalue weighted by atomic mass is 10.0. The van der Waals surface area contributed by atoms with E-state index in [0.717, 1.165) is 24.7 Å². The maximum Gasteiger partial charge on any atom is 0.327 e. The molecule has 144 valence electrons. The van der Waals surface area contributed by atoms with E-state index in [1.165, 1.54) is 6.20 Å². The van der Waals surface area contributed by atoms with Crippen LogP contribution in [0.4, 0.5) is 5.69 Å². The van der Waals surface area contributed by atoms with Crippen LogP contribution in [0.1, 0.15) is 32.7 Å². The molecule has 0 saturated heterocycles. The van der Waals surface area contributed by atoms with Crippen molar-refractivity contribution in [3.63, 3.8) is 0 Å². The zero-order valence-electron chi connectivity index (χ0n) is 15.3. The number of imidazole rings is 1. The van der Waals surface area contributed by atoms with Crippen molar-refractivity contribution in [1.29, 1.82) is 0 Å². The average Bonchev–Trinajstić information content (AvgIpc) is 2.92. The van der Waals surface area contributed by atoms with E-state index in [0.29, 0.717) is 27.4 Å². The van der Waals surface area contributed by atoms with E-state index < -0.39 is 10.0 Å². The van der Waals surface area contributed by atoms with Gasteiger partial charge in [-0.1, -0.05) is 37.6 Å². The Labute approximate surface area is 162 Å². The van der Waals surface area contributed by atoms with Crippen LogP contribution < -0.4 is 10.4 Å². The molecule has 9 heteroatoms. The summed E-state index contributed by atoms with van der Waals surface area (Å²) < 4.78 is 26.9. The molecular weight excluding hydrogens is 388 g/mol. The highest BCUT2D eigenvalue weighted by molar-refractivity contribution is 7.92. The highest BCUT2D eigenvalue weighted by Gasteiger charge is 2.20. The smallest absolute Gasteiger partial charge is 0.290 e. The number of aromatic amines is 1. The van der Waals surface area contributed by atoms with Crippen molar-refractivity contribution in [3.05, 3.63) is 46.0 Å². The molecule has 0 spiro atoms. The number of nitrogens with one attached hydrogen (secondary N) is 2. The largest absolute Gasteiger partial charge is 0.327 e. The van der Waals surface area contributed by atoms with Gasteiger partial charge in [0.1, 0.15) is 0 Å². The van der Waals surface area contributed by atoms with E-state index in [1.807, 2.05) is 13.8 Å². The summed E-state index contributed by atoms with van der Waals surface area (Å²) >= 11 is 6.45. The van der Waals surface area contributed by atoms with Gasteiger partial charge in [0.2, 0.25) is 10.0 Å². The highest BCUT2D eigenvalue weighted by atomic mass is 35.5.